The molecule has 0 radical (unpaired) electrons. The Kier molecular flexibility index (Phi) is 5.06. The molecular formula is C19H21NO2. The molecule has 0 fully saturated rings. The first-order valence-corrected chi connectivity index (χ1v) is 7.44. The van der Waals surface area contributed by atoms with E-state index in [0.29, 0.717) is 13.0 Å². The second-order valence-electron chi connectivity index (χ2n) is 5.81. The quantitative estimate of drug-likeness (QED) is 0.804. The molecule has 114 valence electrons. The van der Waals surface area contributed by atoms with Gasteiger partial charge in [0.1, 0.15) is 11.5 Å². The van der Waals surface area contributed by atoms with Crippen LogP contribution in [0.25, 0.3) is 0 Å². The number of hydrogen-bond acceptors (Lipinski definition) is 3. The summed E-state index contributed by atoms with van der Waals surface area (Å²) in [6, 6.07) is 17.5. The third kappa shape index (κ3) is 3.79. The zero-order chi connectivity index (χ0) is 16.0. The lowest BCUT2D eigenvalue weighted by Crippen LogP contribution is -2.18. The molecule has 0 spiro atoms. The third-order valence-corrected chi connectivity index (χ3v) is 3.87. The second-order valence-corrected chi connectivity index (χ2v) is 5.81. The van der Waals surface area contributed by atoms with Crippen LogP contribution in [0, 0.1) is 11.3 Å². The molecule has 2 aromatic carbocycles. The lowest BCUT2D eigenvalue weighted by atomic mass is 9.78. The summed E-state index contributed by atoms with van der Waals surface area (Å²) in [7, 11) is 0. The molecule has 22 heavy (non-hydrogen) atoms. The van der Waals surface area contributed by atoms with Crippen molar-refractivity contribution in [3.05, 3.63) is 59.7 Å². The summed E-state index contributed by atoms with van der Waals surface area (Å²) in [5.41, 5.74) is 2.18. The van der Waals surface area contributed by atoms with Gasteiger partial charge in [0.2, 0.25) is 0 Å². The summed E-state index contributed by atoms with van der Waals surface area (Å²) < 4.78 is 5.61. The van der Waals surface area contributed by atoms with Crippen molar-refractivity contribution in [3.8, 4) is 17.6 Å². The van der Waals surface area contributed by atoms with E-state index in [4.69, 9.17) is 10.00 Å². The summed E-state index contributed by atoms with van der Waals surface area (Å²) in [5.74, 6) is 1.10. The van der Waals surface area contributed by atoms with Crippen LogP contribution in [0.15, 0.2) is 48.5 Å². The van der Waals surface area contributed by atoms with Crippen molar-refractivity contribution < 1.29 is 9.84 Å². The molecule has 2 rings (SSSR count). The van der Waals surface area contributed by atoms with Gasteiger partial charge in [-0.05, 0) is 41.8 Å². The zero-order valence-corrected chi connectivity index (χ0v) is 13.0. The fraction of sp³-hybridized carbons (Fsp3) is 0.316. The normalized spacial score (nSPS) is 11.0. The number of hydrogen-bond donors (Lipinski definition) is 1. The van der Waals surface area contributed by atoms with Gasteiger partial charge in [-0.15, -0.1) is 0 Å². The monoisotopic (exact) mass is 295 g/mol. The van der Waals surface area contributed by atoms with Crippen molar-refractivity contribution in [2.24, 2.45) is 0 Å². The van der Waals surface area contributed by atoms with E-state index < -0.39 is 0 Å². The summed E-state index contributed by atoms with van der Waals surface area (Å²) in [4.78, 5) is 0. The Morgan fingerprint density at radius 2 is 1.55 bits per heavy atom. The Bertz CT molecular complexity index is 637. The molecule has 0 aromatic heterocycles. The van der Waals surface area contributed by atoms with Gasteiger partial charge in [0, 0.05) is 11.8 Å². The molecule has 2 aromatic rings. The highest BCUT2D eigenvalue weighted by Gasteiger charge is 2.22. The van der Waals surface area contributed by atoms with Gasteiger partial charge in [0.15, 0.2) is 0 Å². The van der Waals surface area contributed by atoms with Crippen LogP contribution < -0.4 is 4.74 Å². The first-order valence-electron chi connectivity index (χ1n) is 7.44. The van der Waals surface area contributed by atoms with E-state index in [9.17, 15) is 5.11 Å². The molecule has 1 N–H and O–H groups in total. The van der Waals surface area contributed by atoms with E-state index in [1.807, 2.05) is 24.3 Å². The Morgan fingerprint density at radius 1 is 1.00 bits per heavy atom. The minimum Gasteiger partial charge on any atom is -0.508 e. The fourth-order valence-corrected chi connectivity index (χ4v) is 2.35. The maximum Gasteiger partial charge on any atom is 0.119 e. The molecular weight excluding hydrogens is 274 g/mol. The predicted molar refractivity (Wildman–Crippen MR) is 87.0 cm³/mol. The minimum atomic E-state index is -0.146. The average molecular weight is 295 g/mol. The van der Waals surface area contributed by atoms with Crippen LogP contribution in [0.5, 0.6) is 11.5 Å². The third-order valence-electron chi connectivity index (χ3n) is 3.87. The summed E-state index contributed by atoms with van der Waals surface area (Å²) >= 11 is 0. The van der Waals surface area contributed by atoms with Crippen LogP contribution in [-0.4, -0.2) is 11.7 Å². The largest absolute Gasteiger partial charge is 0.508 e. The Hall–Kier alpha value is -2.47. The number of phenols is 1. The lowest BCUT2D eigenvalue weighted by molar-refractivity contribution is 0.312. The van der Waals surface area contributed by atoms with Crippen LogP contribution in [0.2, 0.25) is 0 Å². The van der Waals surface area contributed by atoms with E-state index in [1.165, 1.54) is 5.56 Å². The second kappa shape index (κ2) is 7.00. The molecule has 0 aliphatic carbocycles. The molecule has 0 aliphatic heterocycles. The van der Waals surface area contributed by atoms with E-state index >= 15 is 0 Å². The molecule has 0 saturated heterocycles. The number of benzene rings is 2. The number of nitrogens with zero attached hydrogens (tertiary/aromatic N) is 1. The smallest absolute Gasteiger partial charge is 0.119 e. The Morgan fingerprint density at radius 3 is 2.09 bits per heavy atom. The zero-order valence-electron chi connectivity index (χ0n) is 13.0. The van der Waals surface area contributed by atoms with Gasteiger partial charge in [0.25, 0.3) is 0 Å². The highest BCUT2D eigenvalue weighted by atomic mass is 16.5. The maximum atomic E-state index is 9.41. The summed E-state index contributed by atoms with van der Waals surface area (Å²) in [6.45, 7) is 4.87. The number of ether oxygens (including phenoxy) is 1. The summed E-state index contributed by atoms with van der Waals surface area (Å²) in [6.07, 6.45) is 1.27. The Balaban J connectivity index is 2.08. The van der Waals surface area contributed by atoms with E-state index in [-0.39, 0.29) is 11.2 Å². The summed E-state index contributed by atoms with van der Waals surface area (Å²) in [5, 5.41) is 17.9. The molecule has 0 saturated carbocycles. The van der Waals surface area contributed by atoms with Crippen LogP contribution >= 0.6 is 0 Å². The standard InChI is InChI=1S/C19H21NO2/c1-19(2,15-5-9-17(21)10-6-15)16-7-11-18(12-8-16)22-14-4-3-13-20/h5-12,21H,3-4,14H2,1-2H3. The number of rotatable bonds is 6. The van der Waals surface area contributed by atoms with Crippen molar-refractivity contribution in [1.29, 1.82) is 5.26 Å². The van der Waals surface area contributed by atoms with Gasteiger partial charge in [0.05, 0.1) is 12.7 Å². The molecule has 0 heterocycles. The minimum absolute atomic E-state index is 0.146. The number of unbranched alkanes of at least 4 members (excludes halogenated alkanes) is 1. The van der Waals surface area contributed by atoms with Gasteiger partial charge in [-0.2, -0.15) is 5.26 Å². The van der Waals surface area contributed by atoms with Crippen LogP contribution in [0.4, 0.5) is 0 Å². The van der Waals surface area contributed by atoms with Gasteiger partial charge in [-0.3, -0.25) is 0 Å². The highest BCUT2D eigenvalue weighted by Crippen LogP contribution is 2.33. The molecule has 0 aliphatic rings. The molecule has 0 unspecified atom stereocenters. The van der Waals surface area contributed by atoms with Crippen molar-refractivity contribution >= 4 is 0 Å². The molecule has 0 bridgehead atoms. The maximum absolute atomic E-state index is 9.41. The number of aromatic hydroxyl groups is 1. The molecule has 0 amide bonds. The first kappa shape index (κ1) is 15.9. The van der Waals surface area contributed by atoms with Gasteiger partial charge in [-0.1, -0.05) is 38.1 Å². The van der Waals surface area contributed by atoms with E-state index in [1.54, 1.807) is 12.1 Å². The first-order chi connectivity index (χ1) is 10.5. The van der Waals surface area contributed by atoms with Crippen molar-refractivity contribution in [3.63, 3.8) is 0 Å². The van der Waals surface area contributed by atoms with E-state index in [2.05, 4.69) is 32.0 Å². The van der Waals surface area contributed by atoms with Crippen molar-refractivity contribution in [1.82, 2.24) is 0 Å². The SMILES string of the molecule is CC(C)(c1ccc(O)cc1)c1ccc(OCCCC#N)cc1. The topological polar surface area (TPSA) is 53.2 Å². The van der Waals surface area contributed by atoms with Gasteiger partial charge < -0.3 is 9.84 Å². The molecule has 3 nitrogen and oxygen atoms in total. The van der Waals surface area contributed by atoms with Crippen LogP contribution in [0.3, 0.4) is 0 Å². The van der Waals surface area contributed by atoms with Crippen molar-refractivity contribution in [2.75, 3.05) is 6.61 Å². The van der Waals surface area contributed by atoms with Gasteiger partial charge >= 0.3 is 0 Å². The van der Waals surface area contributed by atoms with E-state index in [0.717, 1.165) is 17.7 Å². The van der Waals surface area contributed by atoms with Crippen LogP contribution in [0.1, 0.15) is 37.8 Å². The fourth-order valence-electron chi connectivity index (χ4n) is 2.35. The van der Waals surface area contributed by atoms with Crippen molar-refractivity contribution in [2.45, 2.75) is 32.1 Å². The lowest BCUT2D eigenvalue weighted by Gasteiger charge is -2.26. The van der Waals surface area contributed by atoms with Gasteiger partial charge in [-0.25, -0.2) is 0 Å². The number of nitriles is 1. The average Bonchev–Trinajstić information content (AvgIpc) is 2.52. The molecule has 3 heteroatoms. The number of phenolic OH excluding ortho intramolecular Hbond substituents is 1. The predicted octanol–water partition coefficient (Wildman–Crippen LogP) is 4.40. The van der Waals surface area contributed by atoms with Crippen LogP contribution in [-0.2, 0) is 5.41 Å². The Labute approximate surface area is 131 Å². The highest BCUT2D eigenvalue weighted by molar-refractivity contribution is 5.41. The molecule has 0 atom stereocenters.